The predicted molar refractivity (Wildman–Crippen MR) is 79.1 cm³/mol. The van der Waals surface area contributed by atoms with Crippen LogP contribution in [0.4, 0.5) is 0 Å². The van der Waals surface area contributed by atoms with Crippen molar-refractivity contribution < 1.29 is 5.11 Å². The van der Waals surface area contributed by atoms with Crippen molar-refractivity contribution in [1.29, 1.82) is 0 Å². The number of hydrogen-bond acceptors (Lipinski definition) is 2. The zero-order valence-electron chi connectivity index (χ0n) is 11.5. The quantitative estimate of drug-likeness (QED) is 0.839. The van der Waals surface area contributed by atoms with Gasteiger partial charge in [0.05, 0.1) is 0 Å². The van der Waals surface area contributed by atoms with Gasteiger partial charge in [0.2, 0.25) is 0 Å². The normalized spacial score (nSPS) is 14.0. The second kappa shape index (κ2) is 6.39. The van der Waals surface area contributed by atoms with Crippen molar-refractivity contribution in [2.24, 2.45) is 0 Å². The molecule has 2 atom stereocenters. The van der Waals surface area contributed by atoms with E-state index in [-0.39, 0.29) is 12.1 Å². The molecule has 0 aliphatic rings. The molecule has 19 heavy (non-hydrogen) atoms. The summed E-state index contributed by atoms with van der Waals surface area (Å²) in [5.41, 5.74) is 2.23. The van der Waals surface area contributed by atoms with Crippen LogP contribution in [0.5, 0.6) is 5.75 Å². The molecule has 0 aliphatic heterocycles. The highest BCUT2D eigenvalue weighted by Crippen LogP contribution is 2.28. The topological polar surface area (TPSA) is 32.3 Å². The Bertz CT molecular complexity index is 510. The summed E-state index contributed by atoms with van der Waals surface area (Å²) in [5, 5.41) is 13.5. The summed E-state index contributed by atoms with van der Waals surface area (Å²) in [7, 11) is 0. The van der Waals surface area contributed by atoms with Crippen LogP contribution in [0.1, 0.15) is 43.5 Å². The van der Waals surface area contributed by atoms with Gasteiger partial charge in [-0.2, -0.15) is 0 Å². The van der Waals surface area contributed by atoms with Crippen LogP contribution in [0, 0.1) is 0 Å². The maximum absolute atomic E-state index is 9.96. The number of aromatic hydroxyl groups is 1. The molecule has 2 nitrogen and oxygen atoms in total. The maximum atomic E-state index is 9.96. The second-order valence-electron chi connectivity index (χ2n) is 4.82. The van der Waals surface area contributed by atoms with Gasteiger partial charge in [0, 0.05) is 17.6 Å². The lowest BCUT2D eigenvalue weighted by Crippen LogP contribution is -2.24. The Balaban J connectivity index is 2.14. The molecule has 0 saturated heterocycles. The van der Waals surface area contributed by atoms with E-state index in [2.05, 4.69) is 43.4 Å². The van der Waals surface area contributed by atoms with E-state index in [1.54, 1.807) is 6.07 Å². The van der Waals surface area contributed by atoms with Crippen molar-refractivity contribution in [3.8, 4) is 5.75 Å². The molecule has 0 spiro atoms. The van der Waals surface area contributed by atoms with E-state index in [1.807, 2.05) is 24.3 Å². The smallest absolute Gasteiger partial charge is 0.120 e. The number of rotatable bonds is 5. The number of nitrogens with one attached hydrogen (secondary N) is 1. The summed E-state index contributed by atoms with van der Waals surface area (Å²) in [6, 6.07) is 18.3. The zero-order valence-corrected chi connectivity index (χ0v) is 11.5. The lowest BCUT2D eigenvalue weighted by atomic mass is 10.0. The van der Waals surface area contributed by atoms with Gasteiger partial charge in [-0.15, -0.1) is 0 Å². The van der Waals surface area contributed by atoms with E-state index in [4.69, 9.17) is 0 Å². The average Bonchev–Trinajstić information content (AvgIpc) is 2.46. The molecule has 2 rings (SSSR count). The molecule has 0 heterocycles. The van der Waals surface area contributed by atoms with Gasteiger partial charge in [-0.25, -0.2) is 0 Å². The first-order valence-electron chi connectivity index (χ1n) is 6.81. The van der Waals surface area contributed by atoms with Crippen molar-refractivity contribution in [2.75, 3.05) is 0 Å². The largest absolute Gasteiger partial charge is 0.508 e. The van der Waals surface area contributed by atoms with Crippen LogP contribution in [0.3, 0.4) is 0 Å². The summed E-state index contributed by atoms with van der Waals surface area (Å²) in [6.07, 6.45) is 0.939. The highest BCUT2D eigenvalue weighted by molar-refractivity contribution is 5.34. The first-order chi connectivity index (χ1) is 9.22. The predicted octanol–water partition coefficient (Wildman–Crippen LogP) is 4.19. The lowest BCUT2D eigenvalue weighted by Gasteiger charge is -2.23. The van der Waals surface area contributed by atoms with E-state index in [9.17, 15) is 5.11 Å². The average molecular weight is 255 g/mol. The first-order valence-corrected chi connectivity index (χ1v) is 6.81. The molecule has 0 unspecified atom stereocenters. The van der Waals surface area contributed by atoms with Gasteiger partial charge in [0.1, 0.15) is 5.75 Å². The van der Waals surface area contributed by atoms with Gasteiger partial charge in [-0.05, 0) is 25.0 Å². The van der Waals surface area contributed by atoms with Gasteiger partial charge in [0.25, 0.3) is 0 Å². The number of hydrogen-bond donors (Lipinski definition) is 2. The van der Waals surface area contributed by atoms with E-state index in [1.165, 1.54) is 5.56 Å². The molecule has 2 heteroatoms. The third kappa shape index (κ3) is 3.36. The van der Waals surface area contributed by atoms with E-state index >= 15 is 0 Å². The molecular weight excluding hydrogens is 234 g/mol. The van der Waals surface area contributed by atoms with E-state index in [0.717, 1.165) is 12.0 Å². The minimum Gasteiger partial charge on any atom is -0.508 e. The molecule has 0 fully saturated rings. The molecule has 0 radical (unpaired) electrons. The van der Waals surface area contributed by atoms with Crippen LogP contribution in [-0.2, 0) is 0 Å². The van der Waals surface area contributed by atoms with Gasteiger partial charge in [-0.1, -0.05) is 55.5 Å². The van der Waals surface area contributed by atoms with Crippen LogP contribution < -0.4 is 5.32 Å². The number of para-hydroxylation sites is 1. The van der Waals surface area contributed by atoms with Crippen LogP contribution in [-0.4, -0.2) is 5.11 Å². The summed E-state index contributed by atoms with van der Waals surface area (Å²) in [5.74, 6) is 0.363. The van der Waals surface area contributed by atoms with Crippen molar-refractivity contribution in [3.63, 3.8) is 0 Å². The third-order valence-corrected chi connectivity index (χ3v) is 3.47. The summed E-state index contributed by atoms with van der Waals surface area (Å²) >= 11 is 0. The van der Waals surface area contributed by atoms with E-state index < -0.39 is 0 Å². The SMILES string of the molecule is CC[C@H](N[C@H](C)c1ccccc1)c1ccccc1O. The van der Waals surface area contributed by atoms with Gasteiger partial charge >= 0.3 is 0 Å². The van der Waals surface area contributed by atoms with Gasteiger partial charge in [-0.3, -0.25) is 0 Å². The minimum atomic E-state index is 0.163. The first kappa shape index (κ1) is 13.6. The Morgan fingerprint density at radius 3 is 2.26 bits per heavy atom. The zero-order chi connectivity index (χ0) is 13.7. The monoisotopic (exact) mass is 255 g/mol. The maximum Gasteiger partial charge on any atom is 0.120 e. The van der Waals surface area contributed by atoms with Crippen LogP contribution in [0.25, 0.3) is 0 Å². The van der Waals surface area contributed by atoms with Crippen LogP contribution in [0.2, 0.25) is 0 Å². The summed E-state index contributed by atoms with van der Waals surface area (Å²) < 4.78 is 0. The highest BCUT2D eigenvalue weighted by atomic mass is 16.3. The summed E-state index contributed by atoms with van der Waals surface area (Å²) in [6.45, 7) is 4.28. The summed E-state index contributed by atoms with van der Waals surface area (Å²) in [4.78, 5) is 0. The molecule has 2 aromatic carbocycles. The van der Waals surface area contributed by atoms with Gasteiger partial charge in [0.15, 0.2) is 0 Å². The standard InChI is InChI=1S/C17H21NO/c1-3-16(15-11-7-8-12-17(15)19)18-13(2)14-9-5-4-6-10-14/h4-13,16,18-19H,3H2,1-2H3/t13-,16+/m1/s1. The Hall–Kier alpha value is -1.80. The minimum absolute atomic E-state index is 0.163. The van der Waals surface area contributed by atoms with Crippen LogP contribution in [0.15, 0.2) is 54.6 Å². The molecule has 0 bridgehead atoms. The second-order valence-corrected chi connectivity index (χ2v) is 4.82. The van der Waals surface area contributed by atoms with Crippen molar-refractivity contribution in [1.82, 2.24) is 5.32 Å². The fourth-order valence-corrected chi connectivity index (χ4v) is 2.35. The molecule has 2 N–H and O–H groups in total. The van der Waals surface area contributed by atoms with Crippen LogP contribution >= 0.6 is 0 Å². The fraction of sp³-hybridized carbons (Fsp3) is 0.294. The Kier molecular flexibility index (Phi) is 4.58. The van der Waals surface area contributed by atoms with Crippen molar-refractivity contribution in [2.45, 2.75) is 32.4 Å². The molecule has 0 amide bonds. The lowest BCUT2D eigenvalue weighted by molar-refractivity contribution is 0.419. The third-order valence-electron chi connectivity index (χ3n) is 3.47. The van der Waals surface area contributed by atoms with Crippen molar-refractivity contribution in [3.05, 3.63) is 65.7 Å². The van der Waals surface area contributed by atoms with Gasteiger partial charge < -0.3 is 10.4 Å². The van der Waals surface area contributed by atoms with Crippen molar-refractivity contribution >= 4 is 0 Å². The Morgan fingerprint density at radius 1 is 1.00 bits per heavy atom. The Labute approximate surface area is 115 Å². The number of phenolic OH excluding ortho intramolecular Hbond substituents is 1. The molecule has 0 aliphatic carbocycles. The molecule has 0 aromatic heterocycles. The fourth-order valence-electron chi connectivity index (χ4n) is 2.35. The molecular formula is C17H21NO. The molecule has 2 aromatic rings. The molecule has 0 saturated carbocycles. The van der Waals surface area contributed by atoms with E-state index in [0.29, 0.717) is 5.75 Å². The molecule has 100 valence electrons. The number of phenols is 1. The number of benzene rings is 2. The Morgan fingerprint density at radius 2 is 1.63 bits per heavy atom. The highest BCUT2D eigenvalue weighted by Gasteiger charge is 2.16.